The summed E-state index contributed by atoms with van der Waals surface area (Å²) in [5, 5.41) is 3.33. The molecule has 0 aromatic heterocycles. The molecule has 3 nitrogen and oxygen atoms in total. The molecule has 1 saturated carbocycles. The number of nitrogens with one attached hydrogen (secondary N) is 1. The summed E-state index contributed by atoms with van der Waals surface area (Å²) in [7, 11) is 4.02. The molecule has 1 rings (SSSR count). The summed E-state index contributed by atoms with van der Waals surface area (Å²) in [4.78, 5) is 14.2. The molecule has 1 aliphatic carbocycles. The van der Waals surface area contributed by atoms with E-state index in [1.807, 2.05) is 19.0 Å². The minimum absolute atomic E-state index is 0.187. The predicted molar refractivity (Wildman–Crippen MR) is 71.9 cm³/mol. The third-order valence-electron chi connectivity index (χ3n) is 4.14. The van der Waals surface area contributed by atoms with Crippen molar-refractivity contribution in [2.24, 2.45) is 5.92 Å². The molecule has 0 radical (unpaired) electrons. The van der Waals surface area contributed by atoms with Crippen molar-refractivity contribution >= 4 is 5.91 Å². The van der Waals surface area contributed by atoms with Crippen molar-refractivity contribution in [2.75, 3.05) is 14.1 Å². The molecule has 0 aromatic rings. The molecule has 0 aliphatic heterocycles. The van der Waals surface area contributed by atoms with Crippen LogP contribution in [0.4, 0.5) is 0 Å². The first-order chi connectivity index (χ1) is 8.10. The van der Waals surface area contributed by atoms with E-state index in [9.17, 15) is 4.79 Å². The quantitative estimate of drug-likeness (QED) is 0.800. The van der Waals surface area contributed by atoms with Crippen molar-refractivity contribution in [1.29, 1.82) is 0 Å². The standard InChI is InChI=1S/C14H28N2O/c1-5-6-11(2)14(17)16(4)13-9-7-12(15-3)8-10-13/h11-13,15H,5-10H2,1-4H3. The predicted octanol–water partition coefficient (Wildman–Crippen LogP) is 2.41. The van der Waals surface area contributed by atoms with Crippen LogP contribution in [0, 0.1) is 5.92 Å². The first-order valence-corrected chi connectivity index (χ1v) is 7.04. The van der Waals surface area contributed by atoms with E-state index >= 15 is 0 Å². The normalized spacial score (nSPS) is 26.6. The summed E-state index contributed by atoms with van der Waals surface area (Å²) in [5.74, 6) is 0.520. The van der Waals surface area contributed by atoms with Gasteiger partial charge in [-0.3, -0.25) is 4.79 Å². The Morgan fingerprint density at radius 2 is 1.94 bits per heavy atom. The van der Waals surface area contributed by atoms with Gasteiger partial charge in [-0.2, -0.15) is 0 Å². The highest BCUT2D eigenvalue weighted by molar-refractivity contribution is 5.78. The fourth-order valence-electron chi connectivity index (χ4n) is 2.84. The zero-order valence-corrected chi connectivity index (χ0v) is 11.8. The molecule has 1 N–H and O–H groups in total. The molecular formula is C14H28N2O. The van der Waals surface area contributed by atoms with Crippen LogP contribution in [0.1, 0.15) is 52.4 Å². The maximum absolute atomic E-state index is 12.2. The highest BCUT2D eigenvalue weighted by atomic mass is 16.2. The van der Waals surface area contributed by atoms with E-state index in [0.29, 0.717) is 18.0 Å². The first kappa shape index (κ1) is 14.5. The molecule has 100 valence electrons. The number of hydrogen-bond donors (Lipinski definition) is 1. The van der Waals surface area contributed by atoms with Gasteiger partial charge in [-0.25, -0.2) is 0 Å². The van der Waals surface area contributed by atoms with Crippen LogP contribution in [0.3, 0.4) is 0 Å². The average Bonchev–Trinajstić information content (AvgIpc) is 2.37. The van der Waals surface area contributed by atoms with Gasteiger partial charge in [0.25, 0.3) is 0 Å². The van der Waals surface area contributed by atoms with Crippen molar-refractivity contribution < 1.29 is 4.79 Å². The smallest absolute Gasteiger partial charge is 0.225 e. The lowest BCUT2D eigenvalue weighted by atomic mass is 9.89. The number of rotatable bonds is 5. The zero-order valence-electron chi connectivity index (χ0n) is 11.8. The summed E-state index contributed by atoms with van der Waals surface area (Å²) >= 11 is 0. The number of carbonyl (C=O) groups excluding carboxylic acids is 1. The topological polar surface area (TPSA) is 32.3 Å². The van der Waals surface area contributed by atoms with Crippen molar-refractivity contribution in [3.05, 3.63) is 0 Å². The Morgan fingerprint density at radius 1 is 1.35 bits per heavy atom. The average molecular weight is 240 g/mol. The molecule has 1 aliphatic rings. The summed E-state index contributed by atoms with van der Waals surface area (Å²) in [6.45, 7) is 4.20. The summed E-state index contributed by atoms with van der Waals surface area (Å²) < 4.78 is 0. The van der Waals surface area contributed by atoms with Crippen LogP contribution in [-0.2, 0) is 4.79 Å². The Morgan fingerprint density at radius 3 is 2.41 bits per heavy atom. The van der Waals surface area contributed by atoms with E-state index in [2.05, 4.69) is 19.2 Å². The van der Waals surface area contributed by atoms with E-state index in [4.69, 9.17) is 0 Å². The van der Waals surface area contributed by atoms with Gasteiger partial charge in [0.1, 0.15) is 0 Å². The van der Waals surface area contributed by atoms with Crippen molar-refractivity contribution in [3.8, 4) is 0 Å². The Balaban J connectivity index is 2.42. The third kappa shape index (κ3) is 3.98. The molecule has 0 heterocycles. The van der Waals surface area contributed by atoms with Crippen LogP contribution in [0.5, 0.6) is 0 Å². The number of nitrogens with zero attached hydrogens (tertiary/aromatic N) is 1. The van der Waals surface area contributed by atoms with Crippen LogP contribution in [0.2, 0.25) is 0 Å². The lowest BCUT2D eigenvalue weighted by molar-refractivity contribution is -0.136. The van der Waals surface area contributed by atoms with E-state index in [0.717, 1.165) is 25.7 Å². The summed E-state index contributed by atoms with van der Waals surface area (Å²) in [6.07, 6.45) is 6.78. The molecule has 1 atom stereocenters. The monoisotopic (exact) mass is 240 g/mol. The van der Waals surface area contributed by atoms with Crippen LogP contribution in [0.25, 0.3) is 0 Å². The van der Waals surface area contributed by atoms with Gasteiger partial charge in [0.15, 0.2) is 0 Å². The Bertz CT molecular complexity index is 234. The summed E-state index contributed by atoms with van der Waals surface area (Å²) in [5.41, 5.74) is 0. The van der Waals surface area contributed by atoms with Crippen LogP contribution >= 0.6 is 0 Å². The Hall–Kier alpha value is -0.570. The van der Waals surface area contributed by atoms with E-state index < -0.39 is 0 Å². The Kier molecular flexibility index (Phi) is 5.96. The van der Waals surface area contributed by atoms with Gasteiger partial charge in [-0.15, -0.1) is 0 Å². The second kappa shape index (κ2) is 7.00. The maximum atomic E-state index is 12.2. The molecule has 0 spiro atoms. The highest BCUT2D eigenvalue weighted by Gasteiger charge is 2.27. The number of carbonyl (C=O) groups is 1. The van der Waals surface area contributed by atoms with Gasteiger partial charge in [0, 0.05) is 25.0 Å². The molecule has 1 unspecified atom stereocenters. The minimum Gasteiger partial charge on any atom is -0.343 e. The molecule has 0 aromatic carbocycles. The summed E-state index contributed by atoms with van der Waals surface area (Å²) in [6, 6.07) is 1.12. The minimum atomic E-state index is 0.187. The fraction of sp³-hybridized carbons (Fsp3) is 0.929. The van der Waals surface area contributed by atoms with Gasteiger partial charge in [-0.05, 0) is 39.2 Å². The SMILES string of the molecule is CCCC(C)C(=O)N(C)C1CCC(NC)CC1. The molecule has 0 bridgehead atoms. The Labute approximate surface area is 106 Å². The lowest BCUT2D eigenvalue weighted by Gasteiger charge is -2.35. The maximum Gasteiger partial charge on any atom is 0.225 e. The van der Waals surface area contributed by atoms with Crippen LogP contribution in [0.15, 0.2) is 0 Å². The first-order valence-electron chi connectivity index (χ1n) is 7.04. The van der Waals surface area contributed by atoms with Crippen molar-refractivity contribution in [3.63, 3.8) is 0 Å². The van der Waals surface area contributed by atoms with Gasteiger partial charge in [0.05, 0.1) is 0 Å². The van der Waals surface area contributed by atoms with E-state index in [1.165, 1.54) is 12.8 Å². The van der Waals surface area contributed by atoms with Gasteiger partial charge < -0.3 is 10.2 Å². The third-order valence-corrected chi connectivity index (χ3v) is 4.14. The molecule has 1 fully saturated rings. The lowest BCUT2D eigenvalue weighted by Crippen LogP contribution is -2.44. The second-order valence-corrected chi connectivity index (χ2v) is 5.43. The molecule has 3 heteroatoms. The van der Waals surface area contributed by atoms with Gasteiger partial charge >= 0.3 is 0 Å². The van der Waals surface area contributed by atoms with Crippen LogP contribution < -0.4 is 5.32 Å². The number of hydrogen-bond acceptors (Lipinski definition) is 2. The fourth-order valence-corrected chi connectivity index (χ4v) is 2.84. The molecule has 17 heavy (non-hydrogen) atoms. The molecule has 0 saturated heterocycles. The largest absolute Gasteiger partial charge is 0.343 e. The zero-order chi connectivity index (χ0) is 12.8. The van der Waals surface area contributed by atoms with E-state index in [-0.39, 0.29) is 5.92 Å². The number of amides is 1. The van der Waals surface area contributed by atoms with E-state index in [1.54, 1.807) is 0 Å². The molecular weight excluding hydrogens is 212 g/mol. The van der Waals surface area contributed by atoms with Crippen LogP contribution in [-0.4, -0.2) is 37.0 Å². The van der Waals surface area contributed by atoms with Gasteiger partial charge in [0.2, 0.25) is 5.91 Å². The van der Waals surface area contributed by atoms with Crippen molar-refractivity contribution in [2.45, 2.75) is 64.5 Å². The van der Waals surface area contributed by atoms with Crippen molar-refractivity contribution in [1.82, 2.24) is 10.2 Å². The second-order valence-electron chi connectivity index (χ2n) is 5.43. The molecule has 1 amide bonds. The highest BCUT2D eigenvalue weighted by Crippen LogP contribution is 2.23. The van der Waals surface area contributed by atoms with Gasteiger partial charge in [-0.1, -0.05) is 20.3 Å².